The Kier molecular flexibility index (Phi) is 6.65. The van der Waals surface area contributed by atoms with Gasteiger partial charge in [0, 0.05) is 37.6 Å². The molecular weight excluding hydrogens is 226 g/mol. The number of hydrogen-bond donors (Lipinski definition) is 2. The highest BCUT2D eigenvalue weighted by Gasteiger charge is 2.23. The van der Waals surface area contributed by atoms with Gasteiger partial charge in [-0.15, -0.1) is 0 Å². The van der Waals surface area contributed by atoms with Crippen LogP contribution in [0.4, 0.5) is 0 Å². The van der Waals surface area contributed by atoms with Crippen LogP contribution in [0.2, 0.25) is 0 Å². The molecule has 1 aliphatic rings. The van der Waals surface area contributed by atoms with Crippen molar-refractivity contribution >= 4 is 5.91 Å². The summed E-state index contributed by atoms with van der Waals surface area (Å²) in [5, 5.41) is 6.48. The van der Waals surface area contributed by atoms with Crippen molar-refractivity contribution < 1.29 is 4.79 Å². The zero-order valence-corrected chi connectivity index (χ0v) is 12.3. The summed E-state index contributed by atoms with van der Waals surface area (Å²) in [7, 11) is 0. The van der Waals surface area contributed by atoms with Crippen molar-refractivity contribution in [2.75, 3.05) is 19.6 Å². The lowest BCUT2D eigenvalue weighted by Gasteiger charge is -2.20. The quantitative estimate of drug-likeness (QED) is 0.722. The number of likely N-dealkylation sites (tertiary alicyclic amines) is 1. The van der Waals surface area contributed by atoms with Gasteiger partial charge < -0.3 is 10.6 Å². The summed E-state index contributed by atoms with van der Waals surface area (Å²) in [6, 6.07) is 1.48. The molecule has 0 radical (unpaired) electrons. The van der Waals surface area contributed by atoms with E-state index in [1.807, 2.05) is 6.92 Å². The molecule has 0 aliphatic carbocycles. The molecule has 4 nitrogen and oxygen atoms in total. The molecule has 1 heterocycles. The maximum Gasteiger partial charge on any atom is 0.221 e. The first-order valence-electron chi connectivity index (χ1n) is 7.29. The molecule has 0 bridgehead atoms. The fourth-order valence-corrected chi connectivity index (χ4v) is 2.26. The van der Waals surface area contributed by atoms with Gasteiger partial charge in [-0.05, 0) is 40.2 Å². The van der Waals surface area contributed by atoms with Gasteiger partial charge in [0.1, 0.15) is 0 Å². The molecule has 2 unspecified atom stereocenters. The topological polar surface area (TPSA) is 44.4 Å². The fraction of sp³-hybridized carbons (Fsp3) is 0.929. The van der Waals surface area contributed by atoms with E-state index in [4.69, 9.17) is 0 Å². The van der Waals surface area contributed by atoms with Gasteiger partial charge in [-0.1, -0.05) is 6.92 Å². The minimum atomic E-state index is 0.163. The predicted molar refractivity (Wildman–Crippen MR) is 75.6 cm³/mol. The van der Waals surface area contributed by atoms with Gasteiger partial charge in [0.2, 0.25) is 5.91 Å². The van der Waals surface area contributed by atoms with E-state index in [1.54, 1.807) is 0 Å². The number of amides is 1. The van der Waals surface area contributed by atoms with E-state index < -0.39 is 0 Å². The first-order chi connectivity index (χ1) is 8.52. The number of carbonyl (C=O) groups is 1. The van der Waals surface area contributed by atoms with Crippen LogP contribution >= 0.6 is 0 Å². The first-order valence-corrected chi connectivity index (χ1v) is 7.29. The molecular formula is C14H29N3O. The Morgan fingerprint density at radius 3 is 2.67 bits per heavy atom. The largest absolute Gasteiger partial charge is 0.354 e. The Balaban J connectivity index is 2.10. The van der Waals surface area contributed by atoms with Crippen LogP contribution in [0.1, 0.15) is 47.0 Å². The van der Waals surface area contributed by atoms with Crippen molar-refractivity contribution in [3.63, 3.8) is 0 Å². The van der Waals surface area contributed by atoms with Crippen molar-refractivity contribution in [1.29, 1.82) is 0 Å². The molecule has 0 saturated carbocycles. The smallest absolute Gasteiger partial charge is 0.221 e. The molecule has 0 spiro atoms. The number of hydrogen-bond acceptors (Lipinski definition) is 3. The molecule has 0 aromatic carbocycles. The van der Waals surface area contributed by atoms with Gasteiger partial charge in [0.05, 0.1) is 0 Å². The molecule has 2 atom stereocenters. The van der Waals surface area contributed by atoms with Gasteiger partial charge in [-0.3, -0.25) is 9.69 Å². The molecule has 106 valence electrons. The molecule has 1 rings (SSSR count). The second-order valence-electron chi connectivity index (χ2n) is 5.66. The summed E-state index contributed by atoms with van der Waals surface area (Å²) >= 11 is 0. The highest BCUT2D eigenvalue weighted by Crippen LogP contribution is 2.11. The summed E-state index contributed by atoms with van der Waals surface area (Å²) in [6.07, 6.45) is 2.78. The van der Waals surface area contributed by atoms with Crippen molar-refractivity contribution in [3.05, 3.63) is 0 Å². The van der Waals surface area contributed by atoms with Crippen LogP contribution < -0.4 is 10.6 Å². The maximum absolute atomic E-state index is 11.6. The van der Waals surface area contributed by atoms with Crippen LogP contribution in [-0.4, -0.2) is 48.6 Å². The SMILES string of the molecule is CCC(C)NC(=O)CCNC1CCN(C(C)C)C1. The normalized spacial score (nSPS) is 22.4. The van der Waals surface area contributed by atoms with Crippen molar-refractivity contribution in [1.82, 2.24) is 15.5 Å². The Hall–Kier alpha value is -0.610. The van der Waals surface area contributed by atoms with E-state index in [0.717, 1.165) is 19.5 Å². The summed E-state index contributed by atoms with van der Waals surface area (Å²) in [6.45, 7) is 11.7. The molecule has 1 aliphatic heterocycles. The van der Waals surface area contributed by atoms with Gasteiger partial charge in [0.15, 0.2) is 0 Å². The number of nitrogens with one attached hydrogen (secondary N) is 2. The molecule has 0 aromatic rings. The van der Waals surface area contributed by atoms with E-state index in [-0.39, 0.29) is 5.91 Å². The minimum absolute atomic E-state index is 0.163. The third-order valence-corrected chi connectivity index (χ3v) is 3.75. The van der Waals surface area contributed by atoms with Crippen molar-refractivity contribution in [2.24, 2.45) is 0 Å². The maximum atomic E-state index is 11.6. The highest BCUT2D eigenvalue weighted by atomic mass is 16.1. The van der Waals surface area contributed by atoms with E-state index in [0.29, 0.717) is 24.5 Å². The van der Waals surface area contributed by atoms with E-state index in [9.17, 15) is 4.79 Å². The number of rotatable bonds is 7. The van der Waals surface area contributed by atoms with Gasteiger partial charge in [0.25, 0.3) is 0 Å². The first kappa shape index (κ1) is 15.4. The molecule has 1 fully saturated rings. The van der Waals surface area contributed by atoms with Crippen LogP contribution in [0, 0.1) is 0 Å². The summed E-state index contributed by atoms with van der Waals surface area (Å²) in [5.74, 6) is 0.163. The van der Waals surface area contributed by atoms with Gasteiger partial charge in [-0.25, -0.2) is 0 Å². The van der Waals surface area contributed by atoms with E-state index in [2.05, 4.69) is 36.3 Å². The highest BCUT2D eigenvalue weighted by molar-refractivity contribution is 5.76. The second kappa shape index (κ2) is 7.74. The minimum Gasteiger partial charge on any atom is -0.354 e. The Morgan fingerprint density at radius 2 is 2.11 bits per heavy atom. The predicted octanol–water partition coefficient (Wildman–Crippen LogP) is 1.36. The van der Waals surface area contributed by atoms with Crippen molar-refractivity contribution in [3.8, 4) is 0 Å². The molecule has 18 heavy (non-hydrogen) atoms. The number of carbonyl (C=O) groups excluding carboxylic acids is 1. The average Bonchev–Trinajstić information content (AvgIpc) is 2.77. The molecule has 2 N–H and O–H groups in total. The molecule has 4 heteroatoms. The fourth-order valence-electron chi connectivity index (χ4n) is 2.26. The summed E-state index contributed by atoms with van der Waals surface area (Å²) < 4.78 is 0. The van der Waals surface area contributed by atoms with Crippen LogP contribution in [-0.2, 0) is 4.79 Å². The second-order valence-corrected chi connectivity index (χ2v) is 5.66. The standard InChI is InChI=1S/C14H29N3O/c1-5-12(4)16-14(18)6-8-15-13-7-9-17(10-13)11(2)3/h11-13,15H,5-10H2,1-4H3,(H,16,18). The lowest BCUT2D eigenvalue weighted by molar-refractivity contribution is -0.121. The third kappa shape index (κ3) is 5.36. The summed E-state index contributed by atoms with van der Waals surface area (Å²) in [5.41, 5.74) is 0. The molecule has 1 saturated heterocycles. The van der Waals surface area contributed by atoms with Crippen LogP contribution in [0.25, 0.3) is 0 Å². The lowest BCUT2D eigenvalue weighted by Crippen LogP contribution is -2.38. The van der Waals surface area contributed by atoms with E-state index >= 15 is 0 Å². The lowest BCUT2D eigenvalue weighted by atomic mass is 10.2. The van der Waals surface area contributed by atoms with Crippen LogP contribution in [0.3, 0.4) is 0 Å². The Bertz CT molecular complexity index is 255. The Labute approximate surface area is 111 Å². The number of nitrogens with zero attached hydrogens (tertiary/aromatic N) is 1. The average molecular weight is 255 g/mol. The third-order valence-electron chi connectivity index (χ3n) is 3.75. The van der Waals surface area contributed by atoms with Crippen LogP contribution in [0.15, 0.2) is 0 Å². The monoisotopic (exact) mass is 255 g/mol. The Morgan fingerprint density at radius 1 is 1.39 bits per heavy atom. The zero-order chi connectivity index (χ0) is 13.5. The molecule has 0 aromatic heterocycles. The van der Waals surface area contributed by atoms with Crippen molar-refractivity contribution in [2.45, 2.75) is 65.1 Å². The van der Waals surface area contributed by atoms with Gasteiger partial charge >= 0.3 is 0 Å². The molecule has 1 amide bonds. The zero-order valence-electron chi connectivity index (χ0n) is 12.3. The van der Waals surface area contributed by atoms with E-state index in [1.165, 1.54) is 13.0 Å². The van der Waals surface area contributed by atoms with Gasteiger partial charge in [-0.2, -0.15) is 0 Å². The van der Waals surface area contributed by atoms with Crippen LogP contribution in [0.5, 0.6) is 0 Å². The summed E-state index contributed by atoms with van der Waals surface area (Å²) in [4.78, 5) is 14.1.